The van der Waals surface area contributed by atoms with Crippen LogP contribution in [0.1, 0.15) is 63.8 Å². The van der Waals surface area contributed by atoms with Crippen LogP contribution in [0.5, 0.6) is 11.5 Å². The van der Waals surface area contributed by atoms with E-state index in [4.69, 9.17) is 19.5 Å². The molecule has 8 rings (SSSR count). The summed E-state index contributed by atoms with van der Waals surface area (Å²) >= 11 is 0. The van der Waals surface area contributed by atoms with Crippen molar-refractivity contribution in [2.45, 2.75) is 65.0 Å². The largest absolute Gasteiger partial charge is 2.00 e. The molecule has 1 aliphatic heterocycles. The monoisotopic (exact) mass is 863 g/mol. The Morgan fingerprint density at radius 3 is 2.25 bits per heavy atom. The second-order valence-electron chi connectivity index (χ2n) is 15.0. The van der Waals surface area contributed by atoms with Crippen LogP contribution in [0.2, 0.25) is 0 Å². The fraction of sp³-hybridized carbons (Fsp3) is 0.222. The molecule has 4 heterocycles. The Balaban J connectivity index is 0.00000420. The zero-order chi connectivity index (χ0) is 35.5. The van der Waals surface area contributed by atoms with Crippen molar-refractivity contribution in [3.05, 3.63) is 150 Å². The Morgan fingerprint density at radius 1 is 0.750 bits per heavy atom. The number of benzene rings is 4. The van der Waals surface area contributed by atoms with E-state index in [1.807, 2.05) is 60.8 Å². The third kappa shape index (κ3) is 6.24. The van der Waals surface area contributed by atoms with Gasteiger partial charge in [-0.1, -0.05) is 97.7 Å². The minimum Gasteiger partial charge on any atom is -0.512 e. The van der Waals surface area contributed by atoms with Crippen LogP contribution in [0.4, 0.5) is 0 Å². The number of pyridine rings is 2. The van der Waals surface area contributed by atoms with Crippen molar-refractivity contribution in [1.82, 2.24) is 14.5 Å². The van der Waals surface area contributed by atoms with Gasteiger partial charge in [-0.2, -0.15) is 0 Å². The van der Waals surface area contributed by atoms with Gasteiger partial charge in [0.1, 0.15) is 22.7 Å². The number of aromatic nitrogens is 3. The zero-order valence-electron chi connectivity index (χ0n) is 30.4. The SMILES string of the molecule is Cc1ccc2c(c1)c1cccnc1n2-c1[c-]c(Oc2[c-]c(C3=N[C@](C)(c4ccccc4)C(C)(C)O3)cc(-c3ccccn3)c2)cc(C(C)(C)C)c1.[Pt+2]. The molecule has 0 bridgehead atoms. The summed E-state index contributed by atoms with van der Waals surface area (Å²) in [6.45, 7) is 15.0. The van der Waals surface area contributed by atoms with Gasteiger partial charge in [0.2, 0.25) is 0 Å². The summed E-state index contributed by atoms with van der Waals surface area (Å²) in [5, 5.41) is 2.25. The molecule has 0 saturated heterocycles. The predicted octanol–water partition coefficient (Wildman–Crippen LogP) is 10.7. The Hall–Kier alpha value is -5.06. The minimum atomic E-state index is -0.613. The van der Waals surface area contributed by atoms with Crippen LogP contribution < -0.4 is 4.74 Å². The fourth-order valence-corrected chi connectivity index (χ4v) is 6.85. The third-order valence-corrected chi connectivity index (χ3v) is 10.1. The number of aryl methyl sites for hydroxylation is 1. The maximum absolute atomic E-state index is 6.76. The van der Waals surface area contributed by atoms with Crippen LogP contribution in [0, 0.1) is 19.1 Å². The Morgan fingerprint density at radius 2 is 1.50 bits per heavy atom. The van der Waals surface area contributed by atoms with E-state index in [-0.39, 0.29) is 26.5 Å². The fourth-order valence-electron chi connectivity index (χ4n) is 6.85. The normalized spacial score (nSPS) is 16.7. The van der Waals surface area contributed by atoms with Crippen LogP contribution in [0.25, 0.3) is 38.9 Å². The summed E-state index contributed by atoms with van der Waals surface area (Å²) in [6.07, 6.45) is 3.63. The third-order valence-electron chi connectivity index (χ3n) is 10.1. The van der Waals surface area contributed by atoms with Crippen LogP contribution >= 0.6 is 0 Å². The molecule has 0 radical (unpaired) electrons. The van der Waals surface area contributed by atoms with Crippen molar-refractivity contribution in [1.29, 1.82) is 0 Å². The van der Waals surface area contributed by atoms with Gasteiger partial charge in [-0.05, 0) is 75.1 Å². The van der Waals surface area contributed by atoms with Gasteiger partial charge in [-0.25, -0.2) is 4.98 Å². The number of ether oxygens (including phenoxy) is 2. The van der Waals surface area contributed by atoms with Gasteiger partial charge in [-0.3, -0.25) is 9.98 Å². The molecule has 0 fully saturated rings. The smallest absolute Gasteiger partial charge is 0.512 e. The van der Waals surface area contributed by atoms with Crippen molar-refractivity contribution < 1.29 is 30.5 Å². The van der Waals surface area contributed by atoms with Gasteiger partial charge in [0, 0.05) is 34.7 Å². The second kappa shape index (κ2) is 13.2. The molecular formula is C45H40N4O2Pt. The Bertz CT molecular complexity index is 2460. The summed E-state index contributed by atoms with van der Waals surface area (Å²) in [4.78, 5) is 14.7. The van der Waals surface area contributed by atoms with E-state index in [1.165, 1.54) is 5.56 Å². The van der Waals surface area contributed by atoms with Crippen molar-refractivity contribution >= 4 is 27.8 Å². The van der Waals surface area contributed by atoms with Gasteiger partial charge in [-0.15, -0.1) is 29.8 Å². The first-order valence-corrected chi connectivity index (χ1v) is 17.4. The summed E-state index contributed by atoms with van der Waals surface area (Å²) in [7, 11) is 0. The molecule has 52 heavy (non-hydrogen) atoms. The molecule has 4 aromatic carbocycles. The van der Waals surface area contributed by atoms with E-state index in [9.17, 15) is 0 Å². The first-order chi connectivity index (χ1) is 24.4. The van der Waals surface area contributed by atoms with Gasteiger partial charge in [0.25, 0.3) is 0 Å². The van der Waals surface area contributed by atoms with E-state index in [2.05, 4.69) is 119 Å². The molecule has 1 atom stereocenters. The molecule has 0 spiro atoms. The maximum atomic E-state index is 6.76. The average Bonchev–Trinajstić information content (AvgIpc) is 3.58. The van der Waals surface area contributed by atoms with Crippen molar-refractivity contribution in [3.8, 4) is 28.4 Å². The van der Waals surface area contributed by atoms with Gasteiger partial charge < -0.3 is 14.0 Å². The topological polar surface area (TPSA) is 61.5 Å². The number of fused-ring (bicyclic) bond motifs is 3. The van der Waals surface area contributed by atoms with E-state index >= 15 is 0 Å². The van der Waals surface area contributed by atoms with E-state index in [0.717, 1.165) is 50.0 Å². The van der Waals surface area contributed by atoms with Gasteiger partial charge in [0.15, 0.2) is 0 Å². The number of aliphatic imine (C=N–C) groups is 1. The van der Waals surface area contributed by atoms with Crippen molar-refractivity contribution in [3.63, 3.8) is 0 Å². The maximum Gasteiger partial charge on any atom is 2.00 e. The molecule has 7 heteroatoms. The Labute approximate surface area is 319 Å². The molecule has 0 unspecified atom stereocenters. The number of hydrogen-bond donors (Lipinski definition) is 0. The molecule has 0 amide bonds. The summed E-state index contributed by atoms with van der Waals surface area (Å²) in [6, 6.07) is 42.2. The molecule has 0 aliphatic carbocycles. The first-order valence-electron chi connectivity index (χ1n) is 17.4. The average molecular weight is 864 g/mol. The van der Waals surface area contributed by atoms with Crippen molar-refractivity contribution in [2.75, 3.05) is 0 Å². The van der Waals surface area contributed by atoms with Crippen LogP contribution in [0.15, 0.2) is 121 Å². The molecule has 3 aromatic heterocycles. The predicted molar refractivity (Wildman–Crippen MR) is 205 cm³/mol. The minimum absolute atomic E-state index is 0. The van der Waals surface area contributed by atoms with Crippen LogP contribution in [-0.2, 0) is 36.8 Å². The second-order valence-corrected chi connectivity index (χ2v) is 15.0. The number of nitrogens with zero attached hydrogens (tertiary/aromatic N) is 4. The summed E-state index contributed by atoms with van der Waals surface area (Å²) in [5.74, 6) is 1.59. The molecule has 262 valence electrons. The van der Waals surface area contributed by atoms with Crippen LogP contribution in [0.3, 0.4) is 0 Å². The molecule has 0 N–H and O–H groups in total. The Kier molecular flexibility index (Phi) is 8.95. The van der Waals surface area contributed by atoms with Gasteiger partial charge >= 0.3 is 21.1 Å². The molecule has 0 saturated carbocycles. The first kappa shape index (κ1) is 35.3. The number of rotatable bonds is 6. The quantitative estimate of drug-likeness (QED) is 0.156. The van der Waals surface area contributed by atoms with Crippen LogP contribution in [-0.4, -0.2) is 26.0 Å². The molecule has 7 aromatic rings. The zero-order valence-corrected chi connectivity index (χ0v) is 32.7. The summed E-state index contributed by atoms with van der Waals surface area (Å²) < 4.78 is 15.6. The molecule has 6 nitrogen and oxygen atoms in total. The van der Waals surface area contributed by atoms with E-state index < -0.39 is 11.1 Å². The van der Waals surface area contributed by atoms with Crippen molar-refractivity contribution in [2.24, 2.45) is 4.99 Å². The molecule has 1 aliphatic rings. The standard InChI is InChI=1S/C45H40N4O2.Pt/c1-29-18-19-40-38(22-29)37-16-13-21-47-41(37)49(40)34-26-33(43(2,3)4)27-36(28-34)50-35-24-30(39-17-11-12-20-46-39)23-31(25-35)42-48-45(7,44(5,6)51-42)32-14-9-8-10-15-32;/h8-24,26-27H,1-7H3;/q-2;+2/t45-;/m1./s1. The molecular weight excluding hydrogens is 824 g/mol. The van der Waals surface area contributed by atoms with Gasteiger partial charge in [0.05, 0.1) is 11.2 Å². The number of hydrogen-bond acceptors (Lipinski definition) is 5. The van der Waals surface area contributed by atoms with E-state index in [0.29, 0.717) is 23.0 Å². The van der Waals surface area contributed by atoms with E-state index in [1.54, 1.807) is 6.20 Å². The summed E-state index contributed by atoms with van der Waals surface area (Å²) in [5.41, 5.74) is 7.14.